The van der Waals surface area contributed by atoms with Crippen molar-refractivity contribution >= 4 is 39.1 Å². The molecule has 2 atom stereocenters. The fraction of sp³-hybridized carbons (Fsp3) is 0.364. The number of nitrogens with one attached hydrogen (secondary N) is 1. The average molecular weight is 308 g/mol. The predicted molar refractivity (Wildman–Crippen MR) is 70.3 cm³/mol. The van der Waals surface area contributed by atoms with Gasteiger partial charge in [0.15, 0.2) is 0 Å². The molecule has 1 aliphatic carbocycles. The molecule has 0 heterocycles. The standard InChI is InChI=1S/C11H11Cl2NO3S/c1-18(16,17)14-11(15)10-5-9(10)6-2-7(12)4-8(13)3-6/h2-4,9-10H,5H2,1H3,(H,14,15)/t9-,10+/m1/s1. The van der Waals surface area contributed by atoms with Crippen molar-refractivity contribution in [2.75, 3.05) is 6.26 Å². The van der Waals surface area contributed by atoms with Crippen molar-refractivity contribution in [1.29, 1.82) is 0 Å². The maximum absolute atomic E-state index is 11.6. The molecular weight excluding hydrogens is 297 g/mol. The van der Waals surface area contributed by atoms with Gasteiger partial charge in [0.1, 0.15) is 0 Å². The SMILES string of the molecule is CS(=O)(=O)NC(=O)[C@H]1C[C@@H]1c1cc(Cl)cc(Cl)c1. The third kappa shape index (κ3) is 3.37. The van der Waals surface area contributed by atoms with Crippen molar-refractivity contribution in [2.45, 2.75) is 12.3 Å². The van der Waals surface area contributed by atoms with Crippen molar-refractivity contribution in [1.82, 2.24) is 4.72 Å². The topological polar surface area (TPSA) is 63.2 Å². The average Bonchev–Trinajstić information content (AvgIpc) is 2.91. The third-order valence-electron chi connectivity index (χ3n) is 2.73. The third-order valence-corrected chi connectivity index (χ3v) is 3.73. The summed E-state index contributed by atoms with van der Waals surface area (Å²) < 4.78 is 23.9. The molecule has 0 aromatic heterocycles. The normalized spacial score (nSPS) is 22.6. The van der Waals surface area contributed by atoms with Crippen LogP contribution in [0.15, 0.2) is 18.2 Å². The van der Waals surface area contributed by atoms with E-state index in [1.165, 1.54) is 0 Å². The molecule has 2 rings (SSSR count). The van der Waals surface area contributed by atoms with Gasteiger partial charge in [-0.3, -0.25) is 9.52 Å². The minimum absolute atomic E-state index is 0.0112. The Hall–Kier alpha value is -0.780. The maximum atomic E-state index is 11.6. The number of amides is 1. The maximum Gasteiger partial charge on any atom is 0.237 e. The molecule has 0 unspecified atom stereocenters. The molecule has 98 valence electrons. The summed E-state index contributed by atoms with van der Waals surface area (Å²) in [5.41, 5.74) is 0.862. The highest BCUT2D eigenvalue weighted by atomic mass is 35.5. The molecule has 0 bridgehead atoms. The van der Waals surface area contributed by atoms with Crippen LogP contribution in [0, 0.1) is 5.92 Å². The smallest absolute Gasteiger partial charge is 0.237 e. The van der Waals surface area contributed by atoms with E-state index in [2.05, 4.69) is 0 Å². The molecule has 1 aliphatic rings. The van der Waals surface area contributed by atoms with Crippen LogP contribution in [0.3, 0.4) is 0 Å². The lowest BCUT2D eigenvalue weighted by atomic mass is 10.1. The predicted octanol–water partition coefficient (Wildman–Crippen LogP) is 2.17. The molecule has 4 nitrogen and oxygen atoms in total. The summed E-state index contributed by atoms with van der Waals surface area (Å²) in [6, 6.07) is 5.10. The van der Waals surface area contributed by atoms with Gasteiger partial charge in [-0.05, 0) is 36.1 Å². The van der Waals surface area contributed by atoms with E-state index < -0.39 is 15.9 Å². The lowest BCUT2D eigenvalue weighted by Gasteiger charge is -2.03. The van der Waals surface area contributed by atoms with Gasteiger partial charge in [-0.25, -0.2) is 8.42 Å². The first-order valence-corrected chi connectivity index (χ1v) is 7.88. The Morgan fingerprint density at radius 3 is 2.33 bits per heavy atom. The number of hydrogen-bond acceptors (Lipinski definition) is 3. The highest BCUT2D eigenvalue weighted by Crippen LogP contribution is 2.48. The Labute approximate surface area is 115 Å². The van der Waals surface area contributed by atoms with Gasteiger partial charge in [-0.1, -0.05) is 23.2 Å². The summed E-state index contributed by atoms with van der Waals surface area (Å²) in [4.78, 5) is 11.6. The van der Waals surface area contributed by atoms with E-state index in [0.717, 1.165) is 11.8 Å². The molecule has 1 aromatic rings. The van der Waals surface area contributed by atoms with Crippen LogP contribution < -0.4 is 4.72 Å². The lowest BCUT2D eigenvalue weighted by Crippen LogP contribution is -2.30. The van der Waals surface area contributed by atoms with Crippen molar-refractivity contribution < 1.29 is 13.2 Å². The summed E-state index contributed by atoms with van der Waals surface area (Å²) in [5, 5.41) is 1.01. The van der Waals surface area contributed by atoms with Crippen LogP contribution >= 0.6 is 23.2 Å². The molecule has 1 aromatic carbocycles. The Bertz CT molecular complexity index is 580. The number of carbonyl (C=O) groups excluding carboxylic acids is 1. The van der Waals surface area contributed by atoms with Gasteiger partial charge >= 0.3 is 0 Å². The van der Waals surface area contributed by atoms with E-state index in [9.17, 15) is 13.2 Å². The van der Waals surface area contributed by atoms with E-state index in [4.69, 9.17) is 23.2 Å². The second-order valence-electron chi connectivity index (χ2n) is 4.39. The quantitative estimate of drug-likeness (QED) is 0.931. The number of hydrogen-bond donors (Lipinski definition) is 1. The van der Waals surface area contributed by atoms with Crippen LogP contribution in [-0.4, -0.2) is 20.6 Å². The number of benzene rings is 1. The van der Waals surface area contributed by atoms with E-state index in [-0.39, 0.29) is 11.8 Å². The van der Waals surface area contributed by atoms with Gasteiger partial charge in [-0.2, -0.15) is 0 Å². The zero-order chi connectivity index (χ0) is 13.5. The number of halogens is 2. The first-order valence-electron chi connectivity index (χ1n) is 5.24. The molecule has 0 radical (unpaired) electrons. The van der Waals surface area contributed by atoms with Gasteiger partial charge in [-0.15, -0.1) is 0 Å². The minimum atomic E-state index is -3.50. The number of rotatable bonds is 3. The zero-order valence-electron chi connectivity index (χ0n) is 9.48. The second kappa shape index (κ2) is 4.72. The van der Waals surface area contributed by atoms with Crippen LogP contribution in [0.25, 0.3) is 0 Å². The van der Waals surface area contributed by atoms with Gasteiger partial charge in [0, 0.05) is 16.0 Å². The second-order valence-corrected chi connectivity index (χ2v) is 7.01. The molecule has 18 heavy (non-hydrogen) atoms. The van der Waals surface area contributed by atoms with E-state index in [0.29, 0.717) is 16.5 Å². The molecule has 7 heteroatoms. The molecule has 1 N–H and O–H groups in total. The van der Waals surface area contributed by atoms with Gasteiger partial charge in [0.25, 0.3) is 0 Å². The Morgan fingerprint density at radius 1 is 1.28 bits per heavy atom. The van der Waals surface area contributed by atoms with E-state index >= 15 is 0 Å². The molecule has 1 amide bonds. The van der Waals surface area contributed by atoms with Gasteiger partial charge < -0.3 is 0 Å². The van der Waals surface area contributed by atoms with E-state index in [1.807, 2.05) is 4.72 Å². The monoisotopic (exact) mass is 307 g/mol. The first kappa shape index (κ1) is 13.6. The Kier molecular flexibility index (Phi) is 3.58. The number of sulfonamides is 1. The summed E-state index contributed by atoms with van der Waals surface area (Å²) in [5.74, 6) is -0.809. The summed E-state index contributed by atoms with van der Waals surface area (Å²) in [6.07, 6.45) is 1.57. The van der Waals surface area contributed by atoms with E-state index in [1.54, 1.807) is 18.2 Å². The zero-order valence-corrected chi connectivity index (χ0v) is 11.8. The summed E-state index contributed by atoms with van der Waals surface area (Å²) in [6.45, 7) is 0. The first-order chi connectivity index (χ1) is 8.26. The number of carbonyl (C=O) groups is 1. The molecule has 0 aliphatic heterocycles. The summed E-state index contributed by atoms with van der Waals surface area (Å²) in [7, 11) is -3.50. The van der Waals surface area contributed by atoms with Crippen LogP contribution in [0.5, 0.6) is 0 Å². The van der Waals surface area contributed by atoms with Crippen molar-refractivity contribution in [3.8, 4) is 0 Å². The van der Waals surface area contributed by atoms with Crippen LogP contribution in [0.2, 0.25) is 10.0 Å². The van der Waals surface area contributed by atoms with Crippen LogP contribution in [-0.2, 0) is 14.8 Å². The summed E-state index contributed by atoms with van der Waals surface area (Å²) >= 11 is 11.7. The van der Waals surface area contributed by atoms with Crippen molar-refractivity contribution in [3.05, 3.63) is 33.8 Å². The van der Waals surface area contributed by atoms with Crippen molar-refractivity contribution in [3.63, 3.8) is 0 Å². The Morgan fingerprint density at radius 2 is 1.83 bits per heavy atom. The van der Waals surface area contributed by atoms with Crippen LogP contribution in [0.1, 0.15) is 17.9 Å². The molecule has 1 fully saturated rings. The molecule has 1 saturated carbocycles. The fourth-order valence-electron chi connectivity index (χ4n) is 1.90. The van der Waals surface area contributed by atoms with Crippen molar-refractivity contribution in [2.24, 2.45) is 5.92 Å². The molecule has 0 spiro atoms. The highest BCUT2D eigenvalue weighted by molar-refractivity contribution is 7.89. The van der Waals surface area contributed by atoms with Crippen LogP contribution in [0.4, 0.5) is 0 Å². The van der Waals surface area contributed by atoms with Gasteiger partial charge in [0.05, 0.1) is 6.26 Å². The lowest BCUT2D eigenvalue weighted by molar-refractivity contribution is -0.120. The largest absolute Gasteiger partial charge is 0.274 e. The molecule has 0 saturated heterocycles. The van der Waals surface area contributed by atoms with Gasteiger partial charge in [0.2, 0.25) is 15.9 Å². The molecular formula is C11H11Cl2NO3S. The fourth-order valence-corrected chi connectivity index (χ4v) is 2.96. The highest BCUT2D eigenvalue weighted by Gasteiger charge is 2.44. The minimum Gasteiger partial charge on any atom is -0.274 e. The Balaban J connectivity index is 2.09.